The third-order valence-electron chi connectivity index (χ3n) is 6.60. The number of aliphatic hydroxyl groups excluding tert-OH is 1. The highest BCUT2D eigenvalue weighted by Crippen LogP contribution is 2.18. The lowest BCUT2D eigenvalue weighted by atomic mass is 9.96. The van der Waals surface area contributed by atoms with Gasteiger partial charge in [-0.2, -0.15) is 0 Å². The van der Waals surface area contributed by atoms with Crippen molar-refractivity contribution in [3.63, 3.8) is 0 Å². The minimum atomic E-state index is -1.95. The summed E-state index contributed by atoms with van der Waals surface area (Å²) in [6.45, 7) is 1.57. The van der Waals surface area contributed by atoms with Crippen molar-refractivity contribution in [3.8, 4) is 0 Å². The Morgan fingerprint density at radius 1 is 0.548 bits per heavy atom. The van der Waals surface area contributed by atoms with E-state index in [1.54, 1.807) is 0 Å². The van der Waals surface area contributed by atoms with Gasteiger partial charge in [0.15, 0.2) is 5.60 Å². The Hall–Kier alpha value is -0.610. The predicted octanol–water partition coefficient (Wildman–Crippen LogP) is 7.79. The Morgan fingerprint density at radius 3 is 1.03 bits per heavy atom. The highest BCUT2D eigenvalue weighted by molar-refractivity contribution is 5.77. The van der Waals surface area contributed by atoms with Crippen LogP contribution in [0.1, 0.15) is 155 Å². The molecule has 0 radical (unpaired) electrons. The standard InChI is InChI=1S/C27H54O4/c1-2-3-4-5-6-7-8-9-10-11-12-13-14-15-16-17-18-19-20-21-22-23-24-27(31,25-28)26(29)30/h28,31H,2-25H2,1H3,(H,29,30). The van der Waals surface area contributed by atoms with E-state index in [4.69, 9.17) is 10.2 Å². The molecule has 0 amide bonds. The van der Waals surface area contributed by atoms with Crippen LogP contribution in [0, 0.1) is 0 Å². The number of carbonyl (C=O) groups is 1. The van der Waals surface area contributed by atoms with Gasteiger partial charge in [0.2, 0.25) is 0 Å². The largest absolute Gasteiger partial charge is 0.479 e. The van der Waals surface area contributed by atoms with Gasteiger partial charge in [0.25, 0.3) is 0 Å². The molecule has 0 aromatic rings. The van der Waals surface area contributed by atoms with Crippen LogP contribution in [-0.2, 0) is 4.79 Å². The molecule has 0 saturated carbocycles. The van der Waals surface area contributed by atoms with Crippen LogP contribution in [0.4, 0.5) is 0 Å². The zero-order valence-electron chi connectivity index (χ0n) is 20.7. The van der Waals surface area contributed by atoms with Crippen LogP contribution in [0.15, 0.2) is 0 Å². The molecule has 0 rings (SSSR count). The smallest absolute Gasteiger partial charge is 0.338 e. The number of carboxylic acid groups (broad SMARTS) is 1. The van der Waals surface area contributed by atoms with Gasteiger partial charge in [-0.15, -0.1) is 0 Å². The fourth-order valence-electron chi connectivity index (χ4n) is 4.28. The van der Waals surface area contributed by atoms with E-state index in [0.717, 1.165) is 12.8 Å². The first-order chi connectivity index (χ1) is 15.1. The first-order valence-corrected chi connectivity index (χ1v) is 13.6. The van der Waals surface area contributed by atoms with Gasteiger partial charge in [0.05, 0.1) is 6.61 Å². The van der Waals surface area contributed by atoms with Crippen molar-refractivity contribution in [2.45, 2.75) is 160 Å². The van der Waals surface area contributed by atoms with Crippen molar-refractivity contribution in [1.29, 1.82) is 0 Å². The van der Waals surface area contributed by atoms with Gasteiger partial charge in [0, 0.05) is 0 Å². The van der Waals surface area contributed by atoms with E-state index in [1.807, 2.05) is 0 Å². The Morgan fingerprint density at radius 2 is 0.806 bits per heavy atom. The maximum absolute atomic E-state index is 10.9. The monoisotopic (exact) mass is 442 g/mol. The SMILES string of the molecule is CCCCCCCCCCCCCCCCCCCCCCCCC(O)(CO)C(=O)O. The molecule has 0 spiro atoms. The minimum Gasteiger partial charge on any atom is -0.479 e. The van der Waals surface area contributed by atoms with Crippen molar-refractivity contribution in [2.24, 2.45) is 0 Å². The Bertz CT molecular complexity index is 385. The Kier molecular flexibility index (Phi) is 22.1. The van der Waals surface area contributed by atoms with Crippen LogP contribution in [0.5, 0.6) is 0 Å². The molecule has 4 nitrogen and oxygen atoms in total. The molecule has 0 aliphatic rings. The second kappa shape index (κ2) is 22.6. The zero-order chi connectivity index (χ0) is 23.0. The highest BCUT2D eigenvalue weighted by Gasteiger charge is 2.34. The molecule has 0 saturated heterocycles. The van der Waals surface area contributed by atoms with Crippen molar-refractivity contribution >= 4 is 5.97 Å². The van der Waals surface area contributed by atoms with E-state index in [-0.39, 0.29) is 6.42 Å². The average Bonchev–Trinajstić information content (AvgIpc) is 2.76. The summed E-state index contributed by atoms with van der Waals surface area (Å²) >= 11 is 0. The van der Waals surface area contributed by atoms with Crippen LogP contribution in [-0.4, -0.2) is 33.5 Å². The molecule has 31 heavy (non-hydrogen) atoms. The molecule has 4 heteroatoms. The molecule has 0 bridgehead atoms. The Labute approximate surface area is 193 Å². The van der Waals surface area contributed by atoms with Gasteiger partial charge in [-0.25, -0.2) is 4.79 Å². The summed E-state index contributed by atoms with van der Waals surface area (Å²) in [5, 5.41) is 27.6. The topological polar surface area (TPSA) is 77.8 Å². The molecule has 0 heterocycles. The summed E-state index contributed by atoms with van der Waals surface area (Å²) in [7, 11) is 0. The lowest BCUT2D eigenvalue weighted by Crippen LogP contribution is -2.42. The maximum Gasteiger partial charge on any atom is 0.338 e. The molecule has 0 aliphatic carbocycles. The second-order valence-electron chi connectivity index (χ2n) is 9.67. The molecule has 0 aromatic heterocycles. The van der Waals surface area contributed by atoms with E-state index < -0.39 is 18.2 Å². The molecule has 1 atom stereocenters. The normalized spacial score (nSPS) is 13.4. The Balaban J connectivity index is 3.17. The van der Waals surface area contributed by atoms with Gasteiger partial charge in [-0.05, 0) is 12.8 Å². The van der Waals surface area contributed by atoms with E-state index in [0.29, 0.717) is 6.42 Å². The fourth-order valence-corrected chi connectivity index (χ4v) is 4.28. The highest BCUT2D eigenvalue weighted by atomic mass is 16.4. The van der Waals surface area contributed by atoms with Crippen LogP contribution in [0.2, 0.25) is 0 Å². The van der Waals surface area contributed by atoms with Crippen LogP contribution in [0.3, 0.4) is 0 Å². The van der Waals surface area contributed by atoms with Gasteiger partial charge in [0.1, 0.15) is 0 Å². The van der Waals surface area contributed by atoms with E-state index in [2.05, 4.69) is 6.92 Å². The summed E-state index contributed by atoms with van der Waals surface area (Å²) in [4.78, 5) is 10.9. The van der Waals surface area contributed by atoms with Crippen LogP contribution >= 0.6 is 0 Å². The number of hydrogen-bond donors (Lipinski definition) is 3. The van der Waals surface area contributed by atoms with Gasteiger partial charge in [-0.3, -0.25) is 0 Å². The number of aliphatic hydroxyl groups is 2. The van der Waals surface area contributed by atoms with Crippen molar-refractivity contribution in [2.75, 3.05) is 6.61 Å². The lowest BCUT2D eigenvalue weighted by Gasteiger charge is -2.20. The van der Waals surface area contributed by atoms with Gasteiger partial charge in [-0.1, -0.05) is 142 Å². The van der Waals surface area contributed by atoms with Crippen molar-refractivity contribution in [1.82, 2.24) is 0 Å². The third kappa shape index (κ3) is 19.8. The van der Waals surface area contributed by atoms with E-state index >= 15 is 0 Å². The predicted molar refractivity (Wildman–Crippen MR) is 132 cm³/mol. The molecule has 0 aliphatic heterocycles. The lowest BCUT2D eigenvalue weighted by molar-refractivity contribution is -0.163. The molecule has 3 N–H and O–H groups in total. The number of aliphatic carboxylic acids is 1. The molecule has 0 aromatic carbocycles. The summed E-state index contributed by atoms with van der Waals surface area (Å²) in [5.74, 6) is -1.32. The summed E-state index contributed by atoms with van der Waals surface area (Å²) in [6.07, 6.45) is 29.1. The van der Waals surface area contributed by atoms with E-state index in [9.17, 15) is 9.90 Å². The summed E-state index contributed by atoms with van der Waals surface area (Å²) < 4.78 is 0. The molecular formula is C27H54O4. The third-order valence-corrected chi connectivity index (χ3v) is 6.60. The first-order valence-electron chi connectivity index (χ1n) is 13.6. The summed E-state index contributed by atoms with van der Waals surface area (Å²) in [6, 6.07) is 0. The molecule has 1 unspecified atom stereocenters. The van der Waals surface area contributed by atoms with Crippen molar-refractivity contribution < 1.29 is 20.1 Å². The van der Waals surface area contributed by atoms with Gasteiger partial charge >= 0.3 is 5.97 Å². The fraction of sp³-hybridized carbons (Fsp3) is 0.963. The van der Waals surface area contributed by atoms with Crippen molar-refractivity contribution in [3.05, 3.63) is 0 Å². The average molecular weight is 443 g/mol. The first kappa shape index (κ1) is 30.4. The number of carboxylic acids is 1. The quantitative estimate of drug-likeness (QED) is 0.126. The van der Waals surface area contributed by atoms with Crippen LogP contribution in [0.25, 0.3) is 0 Å². The maximum atomic E-state index is 10.9. The number of hydrogen-bond acceptors (Lipinski definition) is 3. The molecule has 0 fully saturated rings. The van der Waals surface area contributed by atoms with Gasteiger partial charge < -0.3 is 15.3 Å². The second-order valence-corrected chi connectivity index (χ2v) is 9.67. The number of unbranched alkanes of at least 4 members (excludes halogenated alkanes) is 21. The molecule has 186 valence electrons. The number of rotatable bonds is 25. The van der Waals surface area contributed by atoms with Crippen LogP contribution < -0.4 is 0 Å². The summed E-state index contributed by atoms with van der Waals surface area (Å²) in [5.41, 5.74) is -1.95. The van der Waals surface area contributed by atoms with E-state index in [1.165, 1.54) is 122 Å². The minimum absolute atomic E-state index is 0.137. The molecular weight excluding hydrogens is 388 g/mol. The zero-order valence-corrected chi connectivity index (χ0v) is 20.7.